The van der Waals surface area contributed by atoms with Gasteiger partial charge in [-0.25, -0.2) is 9.97 Å². The third-order valence-electron chi connectivity index (χ3n) is 3.81. The van der Waals surface area contributed by atoms with Crippen molar-refractivity contribution < 1.29 is 0 Å². The summed E-state index contributed by atoms with van der Waals surface area (Å²) in [7, 11) is 0. The Morgan fingerprint density at radius 2 is 2.44 bits per heavy atom. The van der Waals surface area contributed by atoms with Gasteiger partial charge in [0, 0.05) is 30.7 Å². The maximum atomic E-state index is 5.92. The first kappa shape index (κ1) is 11.9. The Morgan fingerprint density at radius 3 is 3.28 bits per heavy atom. The van der Waals surface area contributed by atoms with Gasteiger partial charge < -0.3 is 10.6 Å². The second-order valence-corrected chi connectivity index (χ2v) is 5.86. The van der Waals surface area contributed by atoms with E-state index in [1.165, 1.54) is 12.8 Å². The van der Waals surface area contributed by atoms with Gasteiger partial charge in [0.1, 0.15) is 4.83 Å². The van der Waals surface area contributed by atoms with Crippen LogP contribution in [0.2, 0.25) is 0 Å². The molecule has 1 aliphatic rings. The predicted octanol–water partition coefficient (Wildman–Crippen LogP) is 2.25. The van der Waals surface area contributed by atoms with Crippen LogP contribution in [0, 0.1) is 5.92 Å². The second kappa shape index (κ2) is 4.82. The summed E-state index contributed by atoms with van der Waals surface area (Å²) in [6, 6.07) is 2.43. The predicted molar refractivity (Wildman–Crippen MR) is 76.0 cm³/mol. The number of nitrogens with two attached hydrogens (primary N) is 1. The number of piperidine rings is 1. The van der Waals surface area contributed by atoms with E-state index in [1.807, 2.05) is 6.20 Å². The normalized spacial score (nSPS) is 24.7. The summed E-state index contributed by atoms with van der Waals surface area (Å²) < 4.78 is 0. The van der Waals surface area contributed by atoms with Crippen molar-refractivity contribution in [2.75, 3.05) is 18.0 Å². The highest BCUT2D eigenvalue weighted by Gasteiger charge is 2.29. The highest BCUT2D eigenvalue weighted by molar-refractivity contribution is 7.16. The van der Waals surface area contributed by atoms with Gasteiger partial charge in [-0.3, -0.25) is 0 Å². The fraction of sp³-hybridized carbons (Fsp3) is 0.538. The second-order valence-electron chi connectivity index (χ2n) is 4.97. The van der Waals surface area contributed by atoms with E-state index < -0.39 is 0 Å². The standard InChI is InChI=1S/C13H18N4S/c1-9-3-2-5-17(11(9)7-14)13-15-8-10-4-6-18-12(10)16-13/h4,6,8-9,11H,2-3,5,7,14H2,1H3. The van der Waals surface area contributed by atoms with Crippen LogP contribution < -0.4 is 10.6 Å². The minimum atomic E-state index is 0.371. The van der Waals surface area contributed by atoms with Gasteiger partial charge in [0.05, 0.1) is 0 Å². The van der Waals surface area contributed by atoms with Gasteiger partial charge in [0.2, 0.25) is 5.95 Å². The molecular formula is C13H18N4S. The molecule has 2 unspecified atom stereocenters. The molecule has 18 heavy (non-hydrogen) atoms. The summed E-state index contributed by atoms with van der Waals surface area (Å²) in [6.07, 6.45) is 4.37. The molecule has 3 heterocycles. The van der Waals surface area contributed by atoms with E-state index in [0.717, 1.165) is 22.7 Å². The Morgan fingerprint density at radius 1 is 1.56 bits per heavy atom. The molecule has 1 saturated heterocycles. The van der Waals surface area contributed by atoms with E-state index in [4.69, 9.17) is 5.73 Å². The summed E-state index contributed by atoms with van der Waals surface area (Å²) in [4.78, 5) is 12.5. The Bertz CT molecular complexity index is 539. The molecule has 4 nitrogen and oxygen atoms in total. The molecule has 5 heteroatoms. The Labute approximate surface area is 111 Å². The molecule has 96 valence electrons. The first-order valence-corrected chi connectivity index (χ1v) is 7.34. The van der Waals surface area contributed by atoms with Gasteiger partial charge in [-0.1, -0.05) is 6.92 Å². The quantitative estimate of drug-likeness (QED) is 0.902. The van der Waals surface area contributed by atoms with E-state index in [9.17, 15) is 0 Å². The lowest BCUT2D eigenvalue weighted by Crippen LogP contribution is -2.49. The first-order chi connectivity index (χ1) is 8.79. The number of nitrogens with zero attached hydrogens (tertiary/aromatic N) is 3. The summed E-state index contributed by atoms with van der Waals surface area (Å²) in [6.45, 7) is 3.96. The van der Waals surface area contributed by atoms with E-state index in [1.54, 1.807) is 11.3 Å². The van der Waals surface area contributed by atoms with Gasteiger partial charge in [-0.15, -0.1) is 11.3 Å². The molecule has 0 bridgehead atoms. The summed E-state index contributed by atoms with van der Waals surface area (Å²) in [5.41, 5.74) is 5.92. The molecule has 0 spiro atoms. The summed E-state index contributed by atoms with van der Waals surface area (Å²) in [5.74, 6) is 1.46. The Balaban J connectivity index is 1.96. The molecule has 2 atom stereocenters. The average Bonchev–Trinajstić information content (AvgIpc) is 2.85. The summed E-state index contributed by atoms with van der Waals surface area (Å²) in [5, 5.41) is 3.18. The van der Waals surface area contributed by atoms with Crippen molar-refractivity contribution in [1.29, 1.82) is 0 Å². The van der Waals surface area contributed by atoms with Crippen LogP contribution in [0.3, 0.4) is 0 Å². The van der Waals surface area contributed by atoms with Crippen molar-refractivity contribution in [3.8, 4) is 0 Å². The van der Waals surface area contributed by atoms with Crippen molar-refractivity contribution in [3.63, 3.8) is 0 Å². The van der Waals surface area contributed by atoms with Crippen molar-refractivity contribution in [3.05, 3.63) is 17.6 Å². The van der Waals surface area contributed by atoms with Crippen molar-refractivity contribution in [2.45, 2.75) is 25.8 Å². The zero-order valence-electron chi connectivity index (χ0n) is 10.5. The van der Waals surface area contributed by atoms with Gasteiger partial charge in [-0.2, -0.15) is 0 Å². The largest absolute Gasteiger partial charge is 0.336 e. The average molecular weight is 262 g/mol. The van der Waals surface area contributed by atoms with Crippen LogP contribution in [-0.2, 0) is 0 Å². The molecule has 2 aromatic rings. The third-order valence-corrected chi connectivity index (χ3v) is 4.63. The zero-order chi connectivity index (χ0) is 12.5. The van der Waals surface area contributed by atoms with Crippen molar-refractivity contribution >= 4 is 27.5 Å². The maximum Gasteiger partial charge on any atom is 0.226 e. The lowest BCUT2D eigenvalue weighted by molar-refractivity contribution is 0.346. The van der Waals surface area contributed by atoms with Gasteiger partial charge in [-0.05, 0) is 30.2 Å². The Kier molecular flexibility index (Phi) is 3.18. The van der Waals surface area contributed by atoms with E-state index in [-0.39, 0.29) is 0 Å². The van der Waals surface area contributed by atoms with E-state index >= 15 is 0 Å². The van der Waals surface area contributed by atoms with Crippen molar-refractivity contribution in [2.24, 2.45) is 11.7 Å². The minimum Gasteiger partial charge on any atom is -0.336 e. The number of hydrogen-bond donors (Lipinski definition) is 1. The maximum absolute atomic E-state index is 5.92. The monoisotopic (exact) mass is 262 g/mol. The molecule has 0 radical (unpaired) electrons. The minimum absolute atomic E-state index is 0.371. The van der Waals surface area contributed by atoms with Crippen LogP contribution in [0.25, 0.3) is 10.2 Å². The highest BCUT2D eigenvalue weighted by Crippen LogP contribution is 2.27. The molecule has 2 N–H and O–H groups in total. The third kappa shape index (κ3) is 1.97. The highest BCUT2D eigenvalue weighted by atomic mass is 32.1. The van der Waals surface area contributed by atoms with Crippen LogP contribution in [0.15, 0.2) is 17.6 Å². The molecular weight excluding hydrogens is 244 g/mol. The van der Waals surface area contributed by atoms with E-state index in [2.05, 4.69) is 33.2 Å². The van der Waals surface area contributed by atoms with Crippen LogP contribution >= 0.6 is 11.3 Å². The fourth-order valence-electron chi connectivity index (χ4n) is 2.74. The molecule has 3 rings (SSSR count). The number of fused-ring (bicyclic) bond motifs is 1. The van der Waals surface area contributed by atoms with Crippen molar-refractivity contribution in [1.82, 2.24) is 9.97 Å². The molecule has 2 aromatic heterocycles. The molecule has 0 amide bonds. The van der Waals surface area contributed by atoms with Gasteiger partial charge >= 0.3 is 0 Å². The number of aromatic nitrogens is 2. The molecule has 1 aliphatic heterocycles. The number of rotatable bonds is 2. The van der Waals surface area contributed by atoms with Crippen LogP contribution in [0.5, 0.6) is 0 Å². The Hall–Kier alpha value is -1.20. The van der Waals surface area contributed by atoms with E-state index in [0.29, 0.717) is 18.5 Å². The molecule has 0 saturated carbocycles. The lowest BCUT2D eigenvalue weighted by atomic mass is 9.91. The lowest BCUT2D eigenvalue weighted by Gasteiger charge is -2.39. The number of anilines is 1. The van der Waals surface area contributed by atoms with Gasteiger partial charge in [0.25, 0.3) is 0 Å². The molecule has 0 aromatic carbocycles. The van der Waals surface area contributed by atoms with Crippen LogP contribution in [-0.4, -0.2) is 29.1 Å². The molecule has 1 fully saturated rings. The smallest absolute Gasteiger partial charge is 0.226 e. The fourth-order valence-corrected chi connectivity index (χ4v) is 3.48. The number of hydrogen-bond acceptors (Lipinski definition) is 5. The molecule has 0 aliphatic carbocycles. The van der Waals surface area contributed by atoms with Crippen LogP contribution in [0.4, 0.5) is 5.95 Å². The first-order valence-electron chi connectivity index (χ1n) is 6.46. The summed E-state index contributed by atoms with van der Waals surface area (Å²) >= 11 is 1.67. The van der Waals surface area contributed by atoms with Crippen LogP contribution in [0.1, 0.15) is 19.8 Å². The SMILES string of the molecule is CC1CCCN(c2ncc3ccsc3n2)C1CN. The van der Waals surface area contributed by atoms with Gasteiger partial charge in [0.15, 0.2) is 0 Å². The zero-order valence-corrected chi connectivity index (χ0v) is 11.4. The topological polar surface area (TPSA) is 55.0 Å². The number of thiophene rings is 1.